The van der Waals surface area contributed by atoms with Crippen molar-refractivity contribution in [2.24, 2.45) is 0 Å². The molecule has 0 spiro atoms. The molecule has 3 rings (SSSR count). The van der Waals surface area contributed by atoms with Gasteiger partial charge in [-0.3, -0.25) is 5.10 Å². The standard InChI is InChI=1S/C12H16N4S/c1-6(2)11-14-12(16-15-11)9-7-4-3-5-8(7)17-10(9)13/h6H,3-5,13H2,1-2H3,(H,14,15,16). The minimum absolute atomic E-state index is 0.365. The lowest BCUT2D eigenvalue weighted by molar-refractivity contribution is 0.781. The Morgan fingerprint density at radius 1 is 1.35 bits per heavy atom. The van der Waals surface area contributed by atoms with Gasteiger partial charge < -0.3 is 5.73 Å². The van der Waals surface area contributed by atoms with Gasteiger partial charge in [0.15, 0.2) is 5.82 Å². The zero-order valence-electron chi connectivity index (χ0n) is 10.1. The monoisotopic (exact) mass is 248 g/mol. The van der Waals surface area contributed by atoms with Gasteiger partial charge in [0, 0.05) is 10.8 Å². The maximum Gasteiger partial charge on any atom is 0.184 e. The Kier molecular flexibility index (Phi) is 2.43. The summed E-state index contributed by atoms with van der Waals surface area (Å²) in [6, 6.07) is 0. The molecule has 0 saturated carbocycles. The first-order chi connectivity index (χ1) is 8.16. The van der Waals surface area contributed by atoms with Crippen LogP contribution in [0.5, 0.6) is 0 Å². The summed E-state index contributed by atoms with van der Waals surface area (Å²) in [6.45, 7) is 4.21. The molecule has 0 saturated heterocycles. The highest BCUT2D eigenvalue weighted by molar-refractivity contribution is 7.16. The van der Waals surface area contributed by atoms with E-state index in [1.54, 1.807) is 11.3 Å². The third-order valence-corrected chi connectivity index (χ3v) is 4.34. The minimum Gasteiger partial charge on any atom is -0.390 e. The number of hydrogen-bond donors (Lipinski definition) is 2. The molecule has 0 fully saturated rings. The summed E-state index contributed by atoms with van der Waals surface area (Å²) >= 11 is 1.70. The van der Waals surface area contributed by atoms with Crippen LogP contribution in [0.3, 0.4) is 0 Å². The van der Waals surface area contributed by atoms with Crippen molar-refractivity contribution in [2.45, 2.75) is 39.0 Å². The van der Waals surface area contributed by atoms with E-state index in [4.69, 9.17) is 5.73 Å². The molecule has 4 nitrogen and oxygen atoms in total. The number of fused-ring (bicyclic) bond motifs is 1. The molecule has 2 aromatic rings. The number of thiophene rings is 1. The van der Waals surface area contributed by atoms with Crippen LogP contribution in [0.4, 0.5) is 5.00 Å². The number of anilines is 1. The smallest absolute Gasteiger partial charge is 0.184 e. The Labute approximate surface area is 104 Å². The van der Waals surface area contributed by atoms with E-state index in [1.165, 1.54) is 16.9 Å². The molecule has 17 heavy (non-hydrogen) atoms. The van der Waals surface area contributed by atoms with E-state index in [0.717, 1.165) is 35.1 Å². The highest BCUT2D eigenvalue weighted by atomic mass is 32.1. The highest BCUT2D eigenvalue weighted by Crippen LogP contribution is 2.42. The quantitative estimate of drug-likeness (QED) is 0.858. The predicted molar refractivity (Wildman–Crippen MR) is 70.2 cm³/mol. The van der Waals surface area contributed by atoms with Crippen LogP contribution in [0.15, 0.2) is 0 Å². The van der Waals surface area contributed by atoms with E-state index in [-0.39, 0.29) is 0 Å². The maximum absolute atomic E-state index is 6.09. The number of rotatable bonds is 2. The topological polar surface area (TPSA) is 67.6 Å². The molecule has 0 bridgehead atoms. The molecule has 2 heterocycles. The molecule has 5 heteroatoms. The molecule has 3 N–H and O–H groups in total. The van der Waals surface area contributed by atoms with Crippen LogP contribution in [0, 0.1) is 0 Å². The zero-order valence-corrected chi connectivity index (χ0v) is 10.9. The summed E-state index contributed by atoms with van der Waals surface area (Å²) in [5.41, 5.74) is 8.55. The van der Waals surface area contributed by atoms with Gasteiger partial charge in [0.1, 0.15) is 5.82 Å². The van der Waals surface area contributed by atoms with Crippen LogP contribution in [0.1, 0.15) is 42.5 Å². The van der Waals surface area contributed by atoms with E-state index < -0.39 is 0 Å². The number of nitrogen functional groups attached to an aromatic ring is 1. The van der Waals surface area contributed by atoms with Gasteiger partial charge in [0.05, 0.1) is 10.6 Å². The van der Waals surface area contributed by atoms with Crippen molar-refractivity contribution in [3.63, 3.8) is 0 Å². The van der Waals surface area contributed by atoms with Crippen LogP contribution in [0.2, 0.25) is 0 Å². The Morgan fingerprint density at radius 3 is 2.88 bits per heavy atom. The largest absolute Gasteiger partial charge is 0.390 e. The van der Waals surface area contributed by atoms with E-state index in [2.05, 4.69) is 29.0 Å². The average molecular weight is 248 g/mol. The summed E-state index contributed by atoms with van der Waals surface area (Å²) in [5.74, 6) is 2.06. The van der Waals surface area contributed by atoms with Crippen molar-refractivity contribution in [2.75, 3.05) is 5.73 Å². The Bertz CT molecular complexity index is 553. The molecular formula is C12H16N4S. The first-order valence-electron chi connectivity index (χ1n) is 5.99. The second-order valence-electron chi connectivity index (χ2n) is 4.80. The number of nitrogens with one attached hydrogen (secondary N) is 1. The van der Waals surface area contributed by atoms with E-state index in [1.807, 2.05) is 0 Å². The van der Waals surface area contributed by atoms with E-state index >= 15 is 0 Å². The van der Waals surface area contributed by atoms with Gasteiger partial charge in [-0.05, 0) is 24.8 Å². The number of aryl methyl sites for hydroxylation is 1. The van der Waals surface area contributed by atoms with Crippen LogP contribution >= 0.6 is 11.3 Å². The SMILES string of the molecule is CC(C)c1nc(-c2c(N)sc3c2CCC3)n[nH]1. The summed E-state index contributed by atoms with van der Waals surface area (Å²) < 4.78 is 0. The highest BCUT2D eigenvalue weighted by Gasteiger charge is 2.24. The maximum atomic E-state index is 6.09. The lowest BCUT2D eigenvalue weighted by Crippen LogP contribution is -1.91. The number of aromatic amines is 1. The van der Waals surface area contributed by atoms with Crippen molar-refractivity contribution in [3.8, 4) is 11.4 Å². The number of nitrogens with zero attached hydrogens (tertiary/aromatic N) is 2. The Morgan fingerprint density at radius 2 is 2.18 bits per heavy atom. The lowest BCUT2D eigenvalue weighted by Gasteiger charge is -1.98. The van der Waals surface area contributed by atoms with Crippen molar-refractivity contribution in [3.05, 3.63) is 16.3 Å². The molecule has 0 aliphatic heterocycles. The van der Waals surface area contributed by atoms with E-state index in [9.17, 15) is 0 Å². The van der Waals surface area contributed by atoms with Crippen LogP contribution in [0.25, 0.3) is 11.4 Å². The van der Waals surface area contributed by atoms with Crippen LogP contribution in [-0.4, -0.2) is 15.2 Å². The lowest BCUT2D eigenvalue weighted by atomic mass is 10.1. The normalized spacial score (nSPS) is 14.5. The van der Waals surface area contributed by atoms with Crippen molar-refractivity contribution >= 4 is 16.3 Å². The second-order valence-corrected chi connectivity index (χ2v) is 5.93. The minimum atomic E-state index is 0.365. The first-order valence-corrected chi connectivity index (χ1v) is 6.81. The predicted octanol–water partition coefficient (Wildman–Crippen LogP) is 2.73. The van der Waals surface area contributed by atoms with Crippen LogP contribution < -0.4 is 5.73 Å². The molecule has 2 aromatic heterocycles. The Hall–Kier alpha value is -1.36. The number of aromatic nitrogens is 3. The summed E-state index contributed by atoms with van der Waals surface area (Å²) in [5, 5.41) is 8.17. The van der Waals surface area contributed by atoms with Crippen molar-refractivity contribution in [1.29, 1.82) is 0 Å². The fourth-order valence-corrected chi connectivity index (χ4v) is 3.47. The molecule has 90 valence electrons. The van der Waals surface area contributed by atoms with Crippen LogP contribution in [-0.2, 0) is 12.8 Å². The number of nitrogens with two attached hydrogens (primary N) is 1. The summed E-state index contributed by atoms with van der Waals surface area (Å²) in [4.78, 5) is 5.97. The third-order valence-electron chi connectivity index (χ3n) is 3.22. The molecule has 0 atom stereocenters. The fourth-order valence-electron chi connectivity index (χ4n) is 2.32. The van der Waals surface area contributed by atoms with Crippen molar-refractivity contribution < 1.29 is 0 Å². The number of H-pyrrole nitrogens is 1. The van der Waals surface area contributed by atoms with E-state index in [0.29, 0.717) is 5.92 Å². The van der Waals surface area contributed by atoms with Gasteiger partial charge in [0.25, 0.3) is 0 Å². The third kappa shape index (κ3) is 1.65. The zero-order chi connectivity index (χ0) is 12.0. The number of hydrogen-bond acceptors (Lipinski definition) is 4. The first kappa shape index (κ1) is 10.8. The molecule has 0 radical (unpaired) electrons. The Balaban J connectivity index is 2.08. The fraction of sp³-hybridized carbons (Fsp3) is 0.500. The molecule has 0 amide bonds. The van der Waals surface area contributed by atoms with Gasteiger partial charge in [-0.15, -0.1) is 11.3 Å². The summed E-state index contributed by atoms with van der Waals surface area (Å²) in [6.07, 6.45) is 3.51. The average Bonchev–Trinajstić information content (AvgIpc) is 2.91. The van der Waals surface area contributed by atoms with Gasteiger partial charge in [-0.1, -0.05) is 13.8 Å². The van der Waals surface area contributed by atoms with Gasteiger partial charge in [0.2, 0.25) is 0 Å². The molecule has 1 aliphatic carbocycles. The van der Waals surface area contributed by atoms with Crippen molar-refractivity contribution in [1.82, 2.24) is 15.2 Å². The molecule has 0 aromatic carbocycles. The summed E-state index contributed by atoms with van der Waals surface area (Å²) in [7, 11) is 0. The van der Waals surface area contributed by atoms with Gasteiger partial charge in [-0.25, -0.2) is 4.98 Å². The van der Waals surface area contributed by atoms with Gasteiger partial charge in [-0.2, -0.15) is 5.10 Å². The molecule has 0 unspecified atom stereocenters. The van der Waals surface area contributed by atoms with Gasteiger partial charge >= 0.3 is 0 Å². The molecular weight excluding hydrogens is 232 g/mol. The second kappa shape index (κ2) is 3.84. The molecule has 1 aliphatic rings.